The third kappa shape index (κ3) is 5.34. The van der Waals surface area contributed by atoms with Gasteiger partial charge >= 0.3 is 12.0 Å². The minimum atomic E-state index is -0.673. The Kier molecular flexibility index (Phi) is 8.35. The van der Waals surface area contributed by atoms with Gasteiger partial charge in [0.2, 0.25) is 0 Å². The first kappa shape index (κ1) is 23.9. The van der Waals surface area contributed by atoms with E-state index in [2.05, 4.69) is 15.5 Å². The average Bonchev–Trinajstić information content (AvgIpc) is 3.07. The number of nitrogens with zero attached hydrogens (tertiary/aromatic N) is 2. The van der Waals surface area contributed by atoms with Crippen molar-refractivity contribution in [3.05, 3.63) is 35.0 Å². The van der Waals surface area contributed by atoms with Crippen LogP contribution in [-0.4, -0.2) is 81.9 Å². The number of carbonyl (C=O) groups excluding carboxylic acids is 2. The van der Waals surface area contributed by atoms with Crippen molar-refractivity contribution in [1.82, 2.24) is 20.4 Å². The highest BCUT2D eigenvalue weighted by molar-refractivity contribution is 5.95. The molecule has 0 saturated carbocycles. The molecule has 2 heterocycles. The maximum absolute atomic E-state index is 13.2. The minimum absolute atomic E-state index is 0.240. The Morgan fingerprint density at radius 3 is 2.44 bits per heavy atom. The Bertz CT molecular complexity index is 827. The molecule has 32 heavy (non-hydrogen) atoms. The molecule has 0 aromatic heterocycles. The zero-order valence-corrected chi connectivity index (χ0v) is 19.4. The van der Waals surface area contributed by atoms with Crippen LogP contribution in [-0.2, 0) is 9.53 Å². The fraction of sp³-hybridized carbons (Fsp3) is 0.565. The highest BCUT2D eigenvalue weighted by atomic mass is 16.5. The standard InChI is InChI=1S/C23H34N4O5/c1-5-27-19(15-26-10-7-8-24-9-11-26)20(22(28)32-6-2)21(25-23(27)29)16-12-17(30-3)14-18(13-16)31-4/h12-14,21,24H,5-11,15H2,1-4H3,(H,25,29). The molecule has 1 aromatic rings. The Morgan fingerprint density at radius 2 is 1.81 bits per heavy atom. The van der Waals surface area contributed by atoms with Gasteiger partial charge in [-0.2, -0.15) is 0 Å². The molecule has 2 amide bonds. The number of nitrogens with one attached hydrogen (secondary N) is 2. The van der Waals surface area contributed by atoms with Gasteiger partial charge in [-0.15, -0.1) is 0 Å². The van der Waals surface area contributed by atoms with Crippen LogP contribution in [0.3, 0.4) is 0 Å². The number of rotatable bonds is 8. The van der Waals surface area contributed by atoms with Crippen molar-refractivity contribution >= 4 is 12.0 Å². The normalized spacial score (nSPS) is 19.9. The van der Waals surface area contributed by atoms with Gasteiger partial charge in [-0.1, -0.05) is 0 Å². The first-order valence-electron chi connectivity index (χ1n) is 11.2. The SMILES string of the molecule is CCOC(=O)C1=C(CN2CCCNCC2)N(CC)C(=O)NC1c1cc(OC)cc(OC)c1. The van der Waals surface area contributed by atoms with Gasteiger partial charge in [0.05, 0.1) is 32.4 Å². The van der Waals surface area contributed by atoms with Gasteiger partial charge < -0.3 is 24.8 Å². The molecule has 0 spiro atoms. The lowest BCUT2D eigenvalue weighted by Crippen LogP contribution is -2.51. The molecule has 1 aromatic carbocycles. The van der Waals surface area contributed by atoms with E-state index in [1.807, 2.05) is 19.1 Å². The lowest BCUT2D eigenvalue weighted by molar-refractivity contribution is -0.139. The van der Waals surface area contributed by atoms with E-state index in [1.54, 1.807) is 32.1 Å². The van der Waals surface area contributed by atoms with Crippen molar-refractivity contribution in [1.29, 1.82) is 0 Å². The van der Waals surface area contributed by atoms with Gasteiger partial charge in [0, 0.05) is 37.9 Å². The van der Waals surface area contributed by atoms with Crippen LogP contribution >= 0.6 is 0 Å². The van der Waals surface area contributed by atoms with E-state index in [4.69, 9.17) is 14.2 Å². The molecule has 2 aliphatic rings. The van der Waals surface area contributed by atoms with E-state index < -0.39 is 12.0 Å². The number of amides is 2. The summed E-state index contributed by atoms with van der Waals surface area (Å²) in [6.07, 6.45) is 1.01. The second-order valence-corrected chi connectivity index (χ2v) is 7.73. The van der Waals surface area contributed by atoms with Crippen LogP contribution < -0.4 is 20.1 Å². The average molecular weight is 447 g/mol. The molecule has 0 bridgehead atoms. The number of urea groups is 1. The summed E-state index contributed by atoms with van der Waals surface area (Å²) in [6.45, 7) is 8.44. The molecule has 0 radical (unpaired) electrons. The fourth-order valence-electron chi connectivity index (χ4n) is 4.18. The predicted molar refractivity (Wildman–Crippen MR) is 121 cm³/mol. The maximum Gasteiger partial charge on any atom is 0.338 e. The number of hydrogen-bond acceptors (Lipinski definition) is 7. The first-order chi connectivity index (χ1) is 15.5. The lowest BCUT2D eigenvalue weighted by Gasteiger charge is -2.38. The van der Waals surface area contributed by atoms with E-state index in [-0.39, 0.29) is 12.6 Å². The number of esters is 1. The number of methoxy groups -OCH3 is 2. The fourth-order valence-corrected chi connectivity index (χ4v) is 4.18. The molecule has 176 valence electrons. The molecule has 1 saturated heterocycles. The zero-order chi connectivity index (χ0) is 23.1. The lowest BCUT2D eigenvalue weighted by atomic mass is 9.93. The monoisotopic (exact) mass is 446 g/mol. The topological polar surface area (TPSA) is 92.4 Å². The van der Waals surface area contributed by atoms with E-state index in [9.17, 15) is 9.59 Å². The Labute approximate surface area is 189 Å². The molecule has 1 fully saturated rings. The molecule has 1 atom stereocenters. The van der Waals surface area contributed by atoms with Crippen LogP contribution in [0.2, 0.25) is 0 Å². The second kappa shape index (κ2) is 11.2. The maximum atomic E-state index is 13.2. The summed E-state index contributed by atoms with van der Waals surface area (Å²) in [6, 6.07) is 4.46. The Hall–Kier alpha value is -2.78. The van der Waals surface area contributed by atoms with Crippen molar-refractivity contribution in [2.45, 2.75) is 26.3 Å². The van der Waals surface area contributed by atoms with Gasteiger partial charge in [0.15, 0.2) is 0 Å². The Balaban J connectivity index is 2.12. The van der Waals surface area contributed by atoms with Crippen molar-refractivity contribution < 1.29 is 23.8 Å². The van der Waals surface area contributed by atoms with Gasteiger partial charge in [-0.05, 0) is 51.1 Å². The van der Waals surface area contributed by atoms with Crippen LogP contribution in [0.1, 0.15) is 31.9 Å². The van der Waals surface area contributed by atoms with E-state index >= 15 is 0 Å². The van der Waals surface area contributed by atoms with Crippen LogP contribution in [0, 0.1) is 0 Å². The van der Waals surface area contributed by atoms with Gasteiger partial charge in [0.25, 0.3) is 0 Å². The quantitative estimate of drug-likeness (QED) is 0.589. The molecule has 0 aliphatic carbocycles. The van der Waals surface area contributed by atoms with Crippen molar-refractivity contribution in [2.24, 2.45) is 0 Å². The summed E-state index contributed by atoms with van der Waals surface area (Å²) in [5.74, 6) is 0.727. The Morgan fingerprint density at radius 1 is 1.09 bits per heavy atom. The van der Waals surface area contributed by atoms with E-state index in [0.29, 0.717) is 41.4 Å². The van der Waals surface area contributed by atoms with Crippen LogP contribution in [0.5, 0.6) is 11.5 Å². The molecule has 3 rings (SSSR count). The van der Waals surface area contributed by atoms with E-state index in [1.165, 1.54) is 0 Å². The van der Waals surface area contributed by atoms with Crippen molar-refractivity contribution in [3.8, 4) is 11.5 Å². The zero-order valence-electron chi connectivity index (χ0n) is 19.4. The largest absolute Gasteiger partial charge is 0.497 e. The highest BCUT2D eigenvalue weighted by Crippen LogP contribution is 2.35. The van der Waals surface area contributed by atoms with Crippen molar-refractivity contribution in [3.63, 3.8) is 0 Å². The van der Waals surface area contributed by atoms with Gasteiger partial charge in [0.1, 0.15) is 11.5 Å². The van der Waals surface area contributed by atoms with Crippen LogP contribution in [0.25, 0.3) is 0 Å². The van der Waals surface area contributed by atoms with Crippen LogP contribution in [0.4, 0.5) is 4.79 Å². The molecular formula is C23H34N4O5. The summed E-state index contributed by atoms with van der Waals surface area (Å²) in [5.41, 5.74) is 1.83. The predicted octanol–water partition coefficient (Wildman–Crippen LogP) is 1.90. The smallest absolute Gasteiger partial charge is 0.338 e. The molecular weight excluding hydrogens is 412 g/mol. The minimum Gasteiger partial charge on any atom is -0.497 e. The summed E-state index contributed by atoms with van der Waals surface area (Å²) in [4.78, 5) is 30.2. The van der Waals surface area contributed by atoms with Crippen LogP contribution in [0.15, 0.2) is 29.5 Å². The molecule has 2 N–H and O–H groups in total. The number of benzene rings is 1. The van der Waals surface area contributed by atoms with E-state index in [0.717, 1.165) is 32.6 Å². The number of carbonyl (C=O) groups is 2. The first-order valence-corrected chi connectivity index (χ1v) is 11.2. The molecule has 1 unspecified atom stereocenters. The molecule has 9 nitrogen and oxygen atoms in total. The molecule has 9 heteroatoms. The second-order valence-electron chi connectivity index (χ2n) is 7.73. The third-order valence-corrected chi connectivity index (χ3v) is 5.76. The number of ether oxygens (including phenoxy) is 3. The summed E-state index contributed by atoms with van der Waals surface area (Å²) >= 11 is 0. The highest BCUT2D eigenvalue weighted by Gasteiger charge is 2.38. The third-order valence-electron chi connectivity index (χ3n) is 5.76. The summed E-state index contributed by atoms with van der Waals surface area (Å²) in [5, 5.41) is 6.38. The number of hydrogen-bond donors (Lipinski definition) is 2. The molecule has 2 aliphatic heterocycles. The summed E-state index contributed by atoms with van der Waals surface area (Å²) < 4.78 is 16.3. The van der Waals surface area contributed by atoms with Gasteiger partial charge in [-0.25, -0.2) is 9.59 Å². The number of likely N-dealkylation sites (N-methyl/N-ethyl adjacent to an activating group) is 1. The van der Waals surface area contributed by atoms with Crippen molar-refractivity contribution in [2.75, 3.05) is 60.1 Å². The summed E-state index contributed by atoms with van der Waals surface area (Å²) in [7, 11) is 3.13. The van der Waals surface area contributed by atoms with Gasteiger partial charge in [-0.3, -0.25) is 9.80 Å².